The Morgan fingerprint density at radius 1 is 1.16 bits per heavy atom. The summed E-state index contributed by atoms with van der Waals surface area (Å²) in [5, 5.41) is 2.82. The van der Waals surface area contributed by atoms with E-state index < -0.39 is 10.0 Å². The lowest BCUT2D eigenvalue weighted by Crippen LogP contribution is -2.41. The van der Waals surface area contributed by atoms with Gasteiger partial charge in [0.25, 0.3) is 0 Å². The Kier molecular flexibility index (Phi) is 6.85. The molecule has 4 rings (SSSR count). The second-order valence-electron chi connectivity index (χ2n) is 7.64. The molecule has 10 heteroatoms. The first-order valence-electron chi connectivity index (χ1n) is 10.4. The van der Waals surface area contributed by atoms with Crippen LogP contribution >= 0.6 is 11.8 Å². The zero-order valence-corrected chi connectivity index (χ0v) is 19.4. The summed E-state index contributed by atoms with van der Waals surface area (Å²) >= 11 is 1.48. The van der Waals surface area contributed by atoms with Gasteiger partial charge in [-0.25, -0.2) is 8.42 Å². The Morgan fingerprint density at radius 3 is 2.69 bits per heavy atom. The molecule has 32 heavy (non-hydrogen) atoms. The molecular formula is C22H25N3O5S2. The molecule has 1 saturated heterocycles. The van der Waals surface area contributed by atoms with Gasteiger partial charge in [0.1, 0.15) is 6.54 Å². The molecule has 0 aromatic heterocycles. The Labute approximate surface area is 192 Å². The van der Waals surface area contributed by atoms with Crippen molar-refractivity contribution in [2.45, 2.75) is 23.1 Å². The van der Waals surface area contributed by atoms with E-state index in [1.165, 1.54) is 27.0 Å². The van der Waals surface area contributed by atoms with Crippen LogP contribution in [0.2, 0.25) is 0 Å². The second kappa shape index (κ2) is 9.62. The van der Waals surface area contributed by atoms with E-state index in [0.29, 0.717) is 30.3 Å². The van der Waals surface area contributed by atoms with Gasteiger partial charge in [0.15, 0.2) is 0 Å². The quantitative estimate of drug-likeness (QED) is 0.714. The summed E-state index contributed by atoms with van der Waals surface area (Å²) in [5.74, 6) is 0.0111. The van der Waals surface area contributed by atoms with Gasteiger partial charge in [0.05, 0.1) is 23.8 Å². The number of ether oxygens (including phenoxy) is 1. The van der Waals surface area contributed by atoms with Crippen molar-refractivity contribution in [3.05, 3.63) is 48.0 Å². The van der Waals surface area contributed by atoms with Gasteiger partial charge >= 0.3 is 0 Å². The van der Waals surface area contributed by atoms with Crippen LogP contribution in [0.5, 0.6) is 0 Å². The Hall–Kier alpha value is -2.40. The zero-order chi connectivity index (χ0) is 22.7. The summed E-state index contributed by atoms with van der Waals surface area (Å²) in [7, 11) is -3.72. The van der Waals surface area contributed by atoms with Crippen molar-refractivity contribution in [3.63, 3.8) is 0 Å². The number of benzene rings is 2. The van der Waals surface area contributed by atoms with Crippen LogP contribution in [0.1, 0.15) is 12.0 Å². The molecule has 0 saturated carbocycles. The number of sulfonamides is 1. The third-order valence-corrected chi connectivity index (χ3v) is 8.27. The van der Waals surface area contributed by atoms with Gasteiger partial charge in [-0.1, -0.05) is 12.1 Å². The average molecular weight is 476 g/mol. The maximum absolute atomic E-state index is 13.1. The summed E-state index contributed by atoms with van der Waals surface area (Å²) in [6, 6.07) is 12.2. The number of morpholine rings is 1. The lowest BCUT2D eigenvalue weighted by molar-refractivity contribution is -0.121. The molecule has 2 heterocycles. The van der Waals surface area contributed by atoms with E-state index >= 15 is 0 Å². The number of anilines is 2. The SMILES string of the molecule is Cc1cccc(NC(=O)CN2C(=O)CCSc3ccc(S(=O)(=O)N4CCOCC4)cc32)c1. The van der Waals surface area contributed by atoms with Crippen molar-refractivity contribution in [1.82, 2.24) is 4.31 Å². The number of aryl methyl sites for hydroxylation is 1. The Balaban J connectivity index is 1.62. The molecule has 2 aliphatic rings. The van der Waals surface area contributed by atoms with E-state index in [2.05, 4.69) is 5.32 Å². The zero-order valence-electron chi connectivity index (χ0n) is 17.7. The monoisotopic (exact) mass is 475 g/mol. The van der Waals surface area contributed by atoms with E-state index in [0.717, 1.165) is 10.5 Å². The fourth-order valence-electron chi connectivity index (χ4n) is 3.68. The predicted octanol–water partition coefficient (Wildman–Crippen LogP) is 2.48. The standard InChI is InChI=1S/C22H25N3O5S2/c1-16-3-2-4-17(13-16)23-21(26)15-25-19-14-18(5-6-20(19)31-12-7-22(25)27)32(28,29)24-8-10-30-11-9-24/h2-6,13-14H,7-12,15H2,1H3,(H,23,26). The first kappa shape index (κ1) is 22.8. The topological polar surface area (TPSA) is 96.0 Å². The average Bonchev–Trinajstić information content (AvgIpc) is 2.92. The van der Waals surface area contributed by atoms with Crippen molar-refractivity contribution < 1.29 is 22.7 Å². The lowest BCUT2D eigenvalue weighted by Gasteiger charge is -2.27. The van der Waals surface area contributed by atoms with Crippen LogP contribution in [0, 0.1) is 6.92 Å². The summed E-state index contributed by atoms with van der Waals surface area (Å²) in [5.41, 5.74) is 2.11. The van der Waals surface area contributed by atoms with Crippen LogP contribution in [0.25, 0.3) is 0 Å². The largest absolute Gasteiger partial charge is 0.379 e. The maximum Gasteiger partial charge on any atom is 0.244 e. The first-order valence-corrected chi connectivity index (χ1v) is 12.8. The predicted molar refractivity (Wildman–Crippen MR) is 124 cm³/mol. The first-order chi connectivity index (χ1) is 15.3. The van der Waals surface area contributed by atoms with Crippen LogP contribution in [-0.2, 0) is 24.3 Å². The third-order valence-electron chi connectivity index (χ3n) is 5.31. The molecule has 1 fully saturated rings. The third kappa shape index (κ3) is 4.98. The number of nitrogens with one attached hydrogen (secondary N) is 1. The minimum Gasteiger partial charge on any atom is -0.379 e. The summed E-state index contributed by atoms with van der Waals surface area (Å²) in [4.78, 5) is 27.8. The molecule has 2 aromatic carbocycles. The Bertz CT molecular complexity index is 1130. The van der Waals surface area contributed by atoms with Crippen LogP contribution in [0.4, 0.5) is 11.4 Å². The fraction of sp³-hybridized carbons (Fsp3) is 0.364. The molecule has 0 spiro atoms. The molecule has 1 N–H and O–H groups in total. The van der Waals surface area contributed by atoms with E-state index in [-0.39, 0.29) is 42.8 Å². The molecular weight excluding hydrogens is 450 g/mol. The van der Waals surface area contributed by atoms with E-state index in [4.69, 9.17) is 4.74 Å². The van der Waals surface area contributed by atoms with Gasteiger partial charge in [-0.2, -0.15) is 4.31 Å². The fourth-order valence-corrected chi connectivity index (χ4v) is 6.09. The summed E-state index contributed by atoms with van der Waals surface area (Å²) < 4.78 is 32.9. The number of carbonyl (C=O) groups excluding carboxylic acids is 2. The van der Waals surface area contributed by atoms with Crippen molar-refractivity contribution in [1.29, 1.82) is 0 Å². The van der Waals surface area contributed by atoms with Crippen LogP contribution in [0.15, 0.2) is 52.3 Å². The van der Waals surface area contributed by atoms with Gasteiger partial charge in [0, 0.05) is 35.8 Å². The van der Waals surface area contributed by atoms with Crippen LogP contribution < -0.4 is 10.2 Å². The highest BCUT2D eigenvalue weighted by atomic mass is 32.2. The minimum absolute atomic E-state index is 0.109. The lowest BCUT2D eigenvalue weighted by atomic mass is 10.2. The number of carbonyl (C=O) groups is 2. The van der Waals surface area contributed by atoms with Crippen LogP contribution in [-0.4, -0.2) is 63.1 Å². The number of fused-ring (bicyclic) bond motifs is 1. The summed E-state index contributed by atoms with van der Waals surface area (Å²) in [6.07, 6.45) is 0.266. The molecule has 2 aliphatic heterocycles. The number of amides is 2. The second-order valence-corrected chi connectivity index (χ2v) is 10.7. The number of rotatable bonds is 5. The van der Waals surface area contributed by atoms with Gasteiger partial charge in [0.2, 0.25) is 21.8 Å². The molecule has 0 radical (unpaired) electrons. The molecule has 0 bridgehead atoms. The van der Waals surface area contributed by atoms with Crippen molar-refractivity contribution >= 4 is 45.0 Å². The molecule has 0 atom stereocenters. The Morgan fingerprint density at radius 2 is 1.94 bits per heavy atom. The normalized spacial score (nSPS) is 17.5. The molecule has 2 aromatic rings. The number of hydrogen-bond acceptors (Lipinski definition) is 6. The van der Waals surface area contributed by atoms with E-state index in [1.807, 2.05) is 25.1 Å². The smallest absolute Gasteiger partial charge is 0.244 e. The number of thioether (sulfide) groups is 1. The molecule has 0 unspecified atom stereocenters. The van der Waals surface area contributed by atoms with Crippen molar-refractivity contribution in [2.75, 3.05) is 48.8 Å². The molecule has 2 amide bonds. The minimum atomic E-state index is -3.72. The van der Waals surface area contributed by atoms with Gasteiger partial charge in [-0.05, 0) is 42.8 Å². The highest BCUT2D eigenvalue weighted by molar-refractivity contribution is 7.99. The number of hydrogen-bond donors (Lipinski definition) is 1. The van der Waals surface area contributed by atoms with Gasteiger partial charge in [-0.3, -0.25) is 9.59 Å². The highest BCUT2D eigenvalue weighted by Crippen LogP contribution is 2.36. The molecule has 8 nitrogen and oxygen atoms in total. The van der Waals surface area contributed by atoms with E-state index in [9.17, 15) is 18.0 Å². The van der Waals surface area contributed by atoms with Crippen molar-refractivity contribution in [2.24, 2.45) is 0 Å². The maximum atomic E-state index is 13.1. The molecule has 0 aliphatic carbocycles. The van der Waals surface area contributed by atoms with Gasteiger partial charge in [-0.15, -0.1) is 11.8 Å². The van der Waals surface area contributed by atoms with Gasteiger partial charge < -0.3 is 15.0 Å². The van der Waals surface area contributed by atoms with Crippen LogP contribution in [0.3, 0.4) is 0 Å². The highest BCUT2D eigenvalue weighted by Gasteiger charge is 2.30. The summed E-state index contributed by atoms with van der Waals surface area (Å²) in [6.45, 7) is 3.01. The number of nitrogens with zero attached hydrogens (tertiary/aromatic N) is 2. The van der Waals surface area contributed by atoms with E-state index in [1.54, 1.807) is 18.2 Å². The van der Waals surface area contributed by atoms with Crippen molar-refractivity contribution in [3.8, 4) is 0 Å². The molecule has 170 valence electrons.